The number of rotatable bonds is 40. The van der Waals surface area contributed by atoms with Crippen molar-refractivity contribution in [2.24, 2.45) is 0 Å². The van der Waals surface area contributed by atoms with Crippen molar-refractivity contribution < 1.29 is 37.3 Å². The fraction of sp³-hybridized carbons (Fsp3) is 0.688. The van der Waals surface area contributed by atoms with Crippen LogP contribution in [0.2, 0.25) is 0 Å². The van der Waals surface area contributed by atoms with Gasteiger partial charge in [0.25, 0.3) is 7.82 Å². The highest BCUT2D eigenvalue weighted by atomic mass is 31.2. The molecule has 57 heavy (non-hydrogen) atoms. The van der Waals surface area contributed by atoms with E-state index in [1.807, 2.05) is 21.1 Å². The van der Waals surface area contributed by atoms with Gasteiger partial charge in [0.2, 0.25) is 0 Å². The Labute approximate surface area is 350 Å². The number of carbonyl (C=O) groups is 1. The van der Waals surface area contributed by atoms with E-state index in [0.29, 0.717) is 24.1 Å². The minimum atomic E-state index is -4.54. The van der Waals surface area contributed by atoms with Crippen molar-refractivity contribution in [3.63, 3.8) is 0 Å². The van der Waals surface area contributed by atoms with Crippen LogP contribution in [0.5, 0.6) is 0 Å². The van der Waals surface area contributed by atoms with Gasteiger partial charge in [-0.1, -0.05) is 150 Å². The monoisotopic (exact) mass is 818 g/mol. The molecule has 2 unspecified atom stereocenters. The van der Waals surface area contributed by atoms with Gasteiger partial charge in [-0.05, 0) is 83.5 Å². The molecule has 0 amide bonds. The number of hydrogen-bond donors (Lipinski definition) is 0. The molecule has 0 aliphatic carbocycles. The Morgan fingerprint density at radius 1 is 0.561 bits per heavy atom. The molecule has 0 aliphatic rings. The zero-order valence-corrected chi connectivity index (χ0v) is 37.9. The molecule has 0 heterocycles. The van der Waals surface area contributed by atoms with Crippen LogP contribution in [0, 0.1) is 0 Å². The van der Waals surface area contributed by atoms with E-state index in [1.54, 1.807) is 0 Å². The van der Waals surface area contributed by atoms with E-state index in [2.05, 4.69) is 98.9 Å². The molecule has 0 saturated carbocycles. The lowest BCUT2D eigenvalue weighted by atomic mass is 10.1. The molecular weight excluding hydrogens is 734 g/mol. The fourth-order valence-electron chi connectivity index (χ4n) is 5.47. The molecule has 328 valence electrons. The molecule has 0 radical (unpaired) electrons. The van der Waals surface area contributed by atoms with Crippen LogP contribution in [0.25, 0.3) is 0 Å². The Morgan fingerprint density at radius 2 is 1.02 bits per heavy atom. The summed E-state index contributed by atoms with van der Waals surface area (Å²) >= 11 is 0. The van der Waals surface area contributed by atoms with E-state index in [1.165, 1.54) is 38.5 Å². The molecule has 2 atom stereocenters. The topological polar surface area (TPSA) is 94.1 Å². The summed E-state index contributed by atoms with van der Waals surface area (Å²) in [7, 11) is 1.32. The lowest BCUT2D eigenvalue weighted by Gasteiger charge is -2.28. The average Bonchev–Trinajstić information content (AvgIpc) is 3.16. The summed E-state index contributed by atoms with van der Waals surface area (Å²) in [6.45, 7) is 5.17. The van der Waals surface area contributed by atoms with Crippen LogP contribution >= 0.6 is 7.82 Å². The van der Waals surface area contributed by atoms with E-state index >= 15 is 0 Å². The number of phosphoric ester groups is 1. The summed E-state index contributed by atoms with van der Waals surface area (Å²) in [5.74, 6) is -0.357. The van der Waals surface area contributed by atoms with Crippen LogP contribution in [0.3, 0.4) is 0 Å². The molecule has 0 fully saturated rings. The van der Waals surface area contributed by atoms with Gasteiger partial charge in [0.15, 0.2) is 0 Å². The molecule has 0 saturated heterocycles. The zero-order chi connectivity index (χ0) is 42.0. The summed E-state index contributed by atoms with van der Waals surface area (Å²) < 4.78 is 34.5. The number of allylic oxidation sites excluding steroid dienone is 14. The van der Waals surface area contributed by atoms with Crippen LogP contribution in [0.1, 0.15) is 155 Å². The molecule has 8 nitrogen and oxygen atoms in total. The Morgan fingerprint density at radius 3 is 1.54 bits per heavy atom. The molecular formula is C48H84NO7P. The lowest BCUT2D eigenvalue weighted by Crippen LogP contribution is -2.37. The van der Waals surface area contributed by atoms with Crippen molar-refractivity contribution in [2.75, 3.05) is 54.1 Å². The summed E-state index contributed by atoms with van der Waals surface area (Å²) in [4.78, 5) is 25.0. The molecule has 0 aromatic heterocycles. The molecule has 0 bridgehead atoms. The predicted molar refractivity (Wildman–Crippen MR) is 240 cm³/mol. The zero-order valence-electron chi connectivity index (χ0n) is 37.0. The predicted octanol–water partition coefficient (Wildman–Crippen LogP) is 12.6. The molecule has 9 heteroatoms. The van der Waals surface area contributed by atoms with Gasteiger partial charge in [-0.25, -0.2) is 0 Å². The summed E-state index contributed by atoms with van der Waals surface area (Å²) in [5.41, 5.74) is 0. The van der Waals surface area contributed by atoms with Crippen LogP contribution in [0.4, 0.5) is 0 Å². The average molecular weight is 818 g/mol. The highest BCUT2D eigenvalue weighted by Crippen LogP contribution is 2.38. The van der Waals surface area contributed by atoms with Gasteiger partial charge in [-0.15, -0.1) is 0 Å². The van der Waals surface area contributed by atoms with Gasteiger partial charge in [-0.3, -0.25) is 9.36 Å². The van der Waals surface area contributed by atoms with Gasteiger partial charge < -0.3 is 27.9 Å². The number of hydrogen-bond acceptors (Lipinski definition) is 7. The van der Waals surface area contributed by atoms with E-state index in [9.17, 15) is 14.3 Å². The third-order valence-electron chi connectivity index (χ3n) is 8.93. The summed E-state index contributed by atoms with van der Waals surface area (Å²) in [6, 6.07) is 0. The molecule has 0 aromatic rings. The van der Waals surface area contributed by atoms with Crippen LogP contribution < -0.4 is 4.89 Å². The van der Waals surface area contributed by atoms with Crippen molar-refractivity contribution in [2.45, 2.75) is 161 Å². The van der Waals surface area contributed by atoms with Crippen molar-refractivity contribution >= 4 is 13.8 Å². The number of quaternary nitrogens is 1. The van der Waals surface area contributed by atoms with Gasteiger partial charge in [0.1, 0.15) is 19.3 Å². The summed E-state index contributed by atoms with van der Waals surface area (Å²) in [6.07, 6.45) is 53.2. The molecule has 0 aliphatic heterocycles. The number of phosphoric acid groups is 1. The number of esters is 1. The van der Waals surface area contributed by atoms with Crippen LogP contribution in [-0.4, -0.2) is 70.7 Å². The third kappa shape index (κ3) is 44.6. The first kappa shape index (κ1) is 54.7. The van der Waals surface area contributed by atoms with E-state index in [-0.39, 0.29) is 25.8 Å². The van der Waals surface area contributed by atoms with Crippen molar-refractivity contribution in [1.82, 2.24) is 0 Å². The van der Waals surface area contributed by atoms with E-state index in [0.717, 1.165) is 96.3 Å². The fourth-order valence-corrected chi connectivity index (χ4v) is 6.20. The van der Waals surface area contributed by atoms with Crippen molar-refractivity contribution in [1.29, 1.82) is 0 Å². The van der Waals surface area contributed by atoms with Gasteiger partial charge >= 0.3 is 5.97 Å². The smallest absolute Gasteiger partial charge is 0.306 e. The third-order valence-corrected chi connectivity index (χ3v) is 9.89. The van der Waals surface area contributed by atoms with Gasteiger partial charge in [0, 0.05) is 13.0 Å². The lowest BCUT2D eigenvalue weighted by molar-refractivity contribution is -0.870. The second-order valence-electron chi connectivity index (χ2n) is 15.7. The van der Waals surface area contributed by atoms with E-state index < -0.39 is 13.9 Å². The SMILES string of the molecule is CC/C=C\C/C=C\C/C=C\C/C=C\C/C=C\C/C=C\CCCCCCCOCC(COP(=O)([O-])OCC[N+](C)(C)C)OC(=O)CCCCCCC/C=C\CCCC. The van der Waals surface area contributed by atoms with Crippen LogP contribution in [-0.2, 0) is 27.9 Å². The largest absolute Gasteiger partial charge is 0.756 e. The highest BCUT2D eigenvalue weighted by Gasteiger charge is 2.20. The summed E-state index contributed by atoms with van der Waals surface area (Å²) in [5, 5.41) is 0. The maximum atomic E-state index is 12.6. The first-order valence-electron chi connectivity index (χ1n) is 22.3. The Balaban J connectivity index is 4.23. The number of ether oxygens (including phenoxy) is 2. The molecule has 0 spiro atoms. The molecule has 0 aromatic carbocycles. The first-order valence-corrected chi connectivity index (χ1v) is 23.8. The maximum Gasteiger partial charge on any atom is 0.306 e. The standard InChI is InChI=1S/C48H84NO7P/c1-6-8-10-12-14-16-18-19-20-21-22-23-24-25-26-27-28-29-30-32-34-36-38-40-43-53-45-47(46-55-57(51,52)54-44-42-49(3,4)5)56-48(50)41-39-37-35-33-31-17-15-13-11-9-7-2/h8,10,13-16,19-20,22-23,25-26,28-29,47H,6-7,9,11-12,17-18,21,24,27,30-46H2,1-5H3/b10-8-,15-13-,16-14-,20-19-,23-22-,26-25-,29-28-. The Hall–Kier alpha value is -2.32. The Kier molecular flexibility index (Phi) is 38.8. The Bertz CT molecular complexity index is 1180. The van der Waals surface area contributed by atoms with Gasteiger partial charge in [-0.2, -0.15) is 0 Å². The number of carbonyl (C=O) groups excluding carboxylic acids is 1. The molecule has 0 rings (SSSR count). The molecule has 0 N–H and O–H groups in total. The first-order chi connectivity index (χ1) is 27.6. The normalized spacial score (nSPS) is 14.6. The minimum Gasteiger partial charge on any atom is -0.756 e. The van der Waals surface area contributed by atoms with Gasteiger partial charge in [0.05, 0.1) is 34.4 Å². The van der Waals surface area contributed by atoms with Crippen LogP contribution in [0.15, 0.2) is 85.1 Å². The highest BCUT2D eigenvalue weighted by molar-refractivity contribution is 7.45. The number of nitrogens with zero attached hydrogens (tertiary/aromatic N) is 1. The van der Waals surface area contributed by atoms with E-state index in [4.69, 9.17) is 18.5 Å². The van der Waals surface area contributed by atoms with Crippen molar-refractivity contribution in [3.05, 3.63) is 85.1 Å². The minimum absolute atomic E-state index is 0.0156. The second kappa shape index (κ2) is 40.5. The van der Waals surface area contributed by atoms with Crippen molar-refractivity contribution in [3.8, 4) is 0 Å². The second-order valence-corrected chi connectivity index (χ2v) is 17.1. The quantitative estimate of drug-likeness (QED) is 0.0200. The number of unbranched alkanes of at least 4 members (excludes halogenated alkanes) is 12. The maximum absolute atomic E-state index is 12.6. The number of likely N-dealkylation sites (N-methyl/N-ethyl adjacent to an activating group) is 1.